The summed E-state index contributed by atoms with van der Waals surface area (Å²) in [7, 11) is 0. The van der Waals surface area contributed by atoms with Crippen molar-refractivity contribution in [3.05, 3.63) is 48.0 Å². The minimum Gasteiger partial charge on any atom is -0.478 e. The summed E-state index contributed by atoms with van der Waals surface area (Å²) < 4.78 is 7.81. The van der Waals surface area contributed by atoms with Gasteiger partial charge in [-0.15, -0.1) is 0 Å². The highest BCUT2D eigenvalue weighted by molar-refractivity contribution is 5.76. The Hall–Kier alpha value is -2.43. The molecule has 2 aromatic rings. The lowest BCUT2D eigenvalue weighted by Gasteiger charge is -2.13. The van der Waals surface area contributed by atoms with Crippen molar-refractivity contribution in [2.75, 3.05) is 6.61 Å². The number of aromatic nitrogens is 2. The Labute approximate surface area is 174 Å². The van der Waals surface area contributed by atoms with Crippen molar-refractivity contribution >= 4 is 5.91 Å². The van der Waals surface area contributed by atoms with E-state index in [2.05, 4.69) is 23.9 Å². The molecule has 0 bridgehead atoms. The van der Waals surface area contributed by atoms with Crippen LogP contribution in [0.1, 0.15) is 78.1 Å². The molecular weight excluding hydrogens is 362 g/mol. The number of unbranched alkanes of at least 4 members (excludes halogenated alkanes) is 7. The van der Waals surface area contributed by atoms with Gasteiger partial charge in [0.2, 0.25) is 11.8 Å². The Morgan fingerprint density at radius 2 is 1.66 bits per heavy atom. The number of carbonyl (C=O) groups excluding carboxylic acids is 1. The van der Waals surface area contributed by atoms with Gasteiger partial charge in [-0.1, -0.05) is 77.0 Å². The molecule has 1 heterocycles. The minimum atomic E-state index is -0.0976. The van der Waals surface area contributed by atoms with Crippen molar-refractivity contribution in [1.29, 1.82) is 0 Å². The summed E-state index contributed by atoms with van der Waals surface area (Å²) >= 11 is 0. The molecule has 29 heavy (non-hydrogen) atoms. The molecule has 0 aliphatic heterocycles. The number of carbonyl (C=O) groups is 1. The van der Waals surface area contributed by atoms with Gasteiger partial charge < -0.3 is 4.74 Å². The topological polar surface area (TPSA) is 56.5 Å². The summed E-state index contributed by atoms with van der Waals surface area (Å²) in [5, 5.41) is 5.04. The molecule has 0 aliphatic rings. The lowest BCUT2D eigenvalue weighted by Crippen LogP contribution is -2.15. The smallest absolute Gasteiger partial charge is 0.246 e. The molecule has 0 radical (unpaired) electrons. The molecular formula is C24H35N3O2. The average molecular weight is 398 g/mol. The summed E-state index contributed by atoms with van der Waals surface area (Å²) in [5.74, 6) is 0.520. The number of benzene rings is 1. The maximum absolute atomic E-state index is 12.1. The van der Waals surface area contributed by atoms with E-state index < -0.39 is 0 Å². The van der Waals surface area contributed by atoms with Crippen LogP contribution < -0.4 is 10.1 Å². The average Bonchev–Trinajstić information content (AvgIpc) is 2.74. The second-order valence-electron chi connectivity index (χ2n) is 7.38. The van der Waals surface area contributed by atoms with Gasteiger partial charge in [-0.2, -0.15) is 5.10 Å². The molecule has 1 aromatic heterocycles. The van der Waals surface area contributed by atoms with E-state index in [4.69, 9.17) is 4.74 Å². The van der Waals surface area contributed by atoms with Crippen LogP contribution in [0.25, 0.3) is 5.69 Å². The number of hydrogen-bond donors (Lipinski definition) is 0. The first kappa shape index (κ1) is 22.9. The predicted octanol–water partition coefficient (Wildman–Crippen LogP) is 5.62. The van der Waals surface area contributed by atoms with Gasteiger partial charge in [0.15, 0.2) is 0 Å². The second kappa shape index (κ2) is 13.7. The van der Waals surface area contributed by atoms with E-state index in [0.29, 0.717) is 24.3 Å². The number of hydrogen-bond acceptors (Lipinski definition) is 3. The number of rotatable bonds is 13. The predicted molar refractivity (Wildman–Crippen MR) is 117 cm³/mol. The quantitative estimate of drug-likeness (QED) is 0.412. The zero-order valence-electron chi connectivity index (χ0n) is 18.0. The molecule has 0 saturated carbocycles. The summed E-state index contributed by atoms with van der Waals surface area (Å²) in [6.45, 7) is 4.98. The van der Waals surface area contributed by atoms with Crippen LogP contribution >= 0.6 is 0 Å². The van der Waals surface area contributed by atoms with Gasteiger partial charge in [0.1, 0.15) is 0 Å². The Bertz CT molecular complexity index is 784. The van der Waals surface area contributed by atoms with E-state index in [-0.39, 0.29) is 5.91 Å². The number of amides is 1. The zero-order chi connectivity index (χ0) is 20.7. The molecule has 1 aromatic carbocycles. The second-order valence-corrected chi connectivity index (χ2v) is 7.38. The maximum Gasteiger partial charge on any atom is 0.246 e. The van der Waals surface area contributed by atoms with Crippen LogP contribution in [0.2, 0.25) is 0 Å². The molecule has 0 saturated heterocycles. The van der Waals surface area contributed by atoms with E-state index >= 15 is 0 Å². The van der Waals surface area contributed by atoms with Gasteiger partial charge in [0, 0.05) is 12.5 Å². The van der Waals surface area contributed by atoms with Crippen molar-refractivity contribution in [1.82, 2.24) is 9.78 Å². The van der Waals surface area contributed by atoms with Crippen molar-refractivity contribution in [2.24, 2.45) is 4.99 Å². The van der Waals surface area contributed by atoms with Crippen molar-refractivity contribution < 1.29 is 9.53 Å². The molecule has 0 N–H and O–H groups in total. The van der Waals surface area contributed by atoms with E-state index in [9.17, 15) is 4.79 Å². The molecule has 1 amide bonds. The van der Waals surface area contributed by atoms with Crippen LogP contribution in [0.15, 0.2) is 47.6 Å². The fourth-order valence-electron chi connectivity index (χ4n) is 3.11. The van der Waals surface area contributed by atoms with Crippen LogP contribution in [-0.4, -0.2) is 22.3 Å². The molecule has 0 atom stereocenters. The van der Waals surface area contributed by atoms with Crippen molar-refractivity contribution in [2.45, 2.75) is 78.1 Å². The number of nitrogens with zero attached hydrogens (tertiary/aromatic N) is 3. The Kier molecular flexibility index (Phi) is 10.8. The van der Waals surface area contributed by atoms with Gasteiger partial charge in [-0.3, -0.25) is 4.79 Å². The lowest BCUT2D eigenvalue weighted by molar-refractivity contribution is -0.118. The highest BCUT2D eigenvalue weighted by Gasteiger charge is 2.07. The van der Waals surface area contributed by atoms with Crippen LogP contribution in [0, 0.1) is 0 Å². The fraction of sp³-hybridized carbons (Fsp3) is 0.542. The van der Waals surface area contributed by atoms with Crippen LogP contribution in [0.4, 0.5) is 0 Å². The number of para-hydroxylation sites is 1. The van der Waals surface area contributed by atoms with E-state index in [1.54, 1.807) is 10.9 Å². The largest absolute Gasteiger partial charge is 0.478 e. The van der Waals surface area contributed by atoms with Crippen molar-refractivity contribution in [3.63, 3.8) is 0 Å². The first-order valence-electron chi connectivity index (χ1n) is 11.1. The molecule has 0 unspecified atom stereocenters. The normalized spacial score (nSPS) is 11.6. The van der Waals surface area contributed by atoms with Crippen LogP contribution in [0.3, 0.4) is 0 Å². The Morgan fingerprint density at radius 3 is 2.41 bits per heavy atom. The van der Waals surface area contributed by atoms with E-state index in [0.717, 1.165) is 31.4 Å². The first-order valence-corrected chi connectivity index (χ1v) is 11.1. The Morgan fingerprint density at radius 1 is 0.966 bits per heavy atom. The fourth-order valence-corrected chi connectivity index (χ4v) is 3.11. The highest BCUT2D eigenvalue weighted by Crippen LogP contribution is 2.15. The molecule has 0 spiro atoms. The summed E-state index contributed by atoms with van der Waals surface area (Å²) in [6.07, 6.45) is 12.4. The summed E-state index contributed by atoms with van der Waals surface area (Å²) in [4.78, 5) is 16.3. The summed E-state index contributed by atoms with van der Waals surface area (Å²) in [6, 6.07) is 11.7. The third kappa shape index (κ3) is 8.63. The van der Waals surface area contributed by atoms with Crippen molar-refractivity contribution in [3.8, 4) is 11.6 Å². The monoisotopic (exact) mass is 397 g/mol. The lowest BCUT2D eigenvalue weighted by atomic mass is 10.1. The molecule has 2 rings (SSSR count). The molecule has 158 valence electrons. The van der Waals surface area contributed by atoms with Gasteiger partial charge >= 0.3 is 0 Å². The number of ether oxygens (including phenoxy) is 1. The van der Waals surface area contributed by atoms with Gasteiger partial charge in [0.25, 0.3) is 0 Å². The Balaban J connectivity index is 2.08. The highest BCUT2D eigenvalue weighted by atomic mass is 16.5. The van der Waals surface area contributed by atoms with Gasteiger partial charge in [-0.05, 0) is 25.0 Å². The van der Waals surface area contributed by atoms with E-state index in [1.165, 1.54) is 32.1 Å². The summed E-state index contributed by atoms with van der Waals surface area (Å²) in [5.41, 5.74) is 0.922. The third-order valence-electron chi connectivity index (χ3n) is 4.78. The van der Waals surface area contributed by atoms with E-state index in [1.807, 2.05) is 36.4 Å². The minimum absolute atomic E-state index is 0.0976. The van der Waals surface area contributed by atoms with Crippen LogP contribution in [0.5, 0.6) is 5.88 Å². The molecule has 0 fully saturated rings. The zero-order valence-corrected chi connectivity index (χ0v) is 18.0. The standard InChI is InChI=1S/C24H35N3O2/c1-3-5-7-8-9-14-18-29-24-19-21(26-23(28)17-11-6-4-2)20-25-27(24)22-15-12-10-13-16-22/h10,12-13,15-16,19-20H,3-9,11,14,17-18H2,1-2H3/b26-21+. The van der Waals surface area contributed by atoms with Gasteiger partial charge in [0.05, 0.1) is 23.8 Å². The first-order chi connectivity index (χ1) is 14.2. The third-order valence-corrected chi connectivity index (χ3v) is 4.78. The maximum atomic E-state index is 12.1. The van der Waals surface area contributed by atoms with Crippen LogP contribution in [-0.2, 0) is 4.79 Å². The molecule has 5 heteroatoms. The van der Waals surface area contributed by atoms with Gasteiger partial charge in [-0.25, -0.2) is 9.67 Å². The molecule has 5 nitrogen and oxygen atoms in total. The SMILES string of the molecule is CCCCCCCCOc1c/c(=N\C(=O)CCCCC)cnn1-c1ccccc1. The molecule has 0 aliphatic carbocycles.